The van der Waals surface area contributed by atoms with E-state index in [1.807, 2.05) is 95.6 Å². The quantitative estimate of drug-likeness (QED) is 0.174. The zero-order valence-electron chi connectivity index (χ0n) is 36.7. The molecule has 0 unspecified atom stereocenters. The molecule has 2 aliphatic rings. The van der Waals surface area contributed by atoms with E-state index >= 15 is 0 Å². The van der Waals surface area contributed by atoms with Gasteiger partial charge in [-0.2, -0.15) is 0 Å². The predicted molar refractivity (Wildman–Crippen MR) is 230 cm³/mol. The second kappa shape index (κ2) is 10.9. The lowest BCUT2D eigenvalue weighted by Gasteiger charge is -2.39. The van der Waals surface area contributed by atoms with Gasteiger partial charge in [0.25, 0.3) is 0 Å². The number of aromatic nitrogens is 2. The Morgan fingerprint density at radius 1 is 0.429 bits per heavy atom. The summed E-state index contributed by atoms with van der Waals surface area (Å²) in [6.45, 7) is 0. The lowest BCUT2D eigenvalue weighted by atomic mass is 9.66. The molecule has 3 heterocycles. The molecule has 1 aliphatic carbocycles. The number of ether oxygens (including phenoxy) is 1. The predicted octanol–water partition coefficient (Wildman–Crippen LogP) is 13.5. The maximum atomic E-state index is 10.6. The third kappa shape index (κ3) is 3.72. The van der Waals surface area contributed by atoms with Crippen LogP contribution in [0.25, 0.3) is 76.9 Å². The van der Waals surface area contributed by atoms with Gasteiger partial charge < -0.3 is 13.9 Å². The summed E-state index contributed by atoms with van der Waals surface area (Å²) in [5.74, 6) is -0.185. The first-order valence-corrected chi connectivity index (χ1v) is 18.8. The highest BCUT2D eigenvalue weighted by Gasteiger charge is 2.51. The molecular formula is C53H32N2O. The molecule has 0 amide bonds. The average molecular weight is 720 g/mol. The van der Waals surface area contributed by atoms with Crippen molar-refractivity contribution in [1.29, 1.82) is 0 Å². The summed E-state index contributed by atoms with van der Waals surface area (Å²) in [7, 11) is 0. The van der Waals surface area contributed by atoms with Crippen molar-refractivity contribution in [3.63, 3.8) is 0 Å². The van der Waals surface area contributed by atoms with Crippen LogP contribution >= 0.6 is 0 Å². The Kier molecular flexibility index (Phi) is 4.68. The maximum Gasteiger partial charge on any atom is 0.132 e. The number of nitrogens with zero attached hydrogens (tertiary/aromatic N) is 2. The summed E-state index contributed by atoms with van der Waals surface area (Å²) in [5, 5.41) is 6.06. The van der Waals surface area contributed by atoms with Crippen molar-refractivity contribution in [3.05, 3.63) is 216 Å². The standard InChI is InChI=1S/C53H32N2O/c1-2-15-34(16-3-1)54-46-24-12-8-20-39(46)40-31-41-49(32-48(40)54)55(47-28-26-33-14-4-5-17-36(33)52(41)47)35-27-29-51-45(30-35)53(44-23-11-13-25-50(44)56-51)42-21-9-6-18-37(42)38-19-7-10-22-43(38)53/h1-32H/i11D,13D,23D,25D,27D,29D,30D. The van der Waals surface area contributed by atoms with Crippen LogP contribution in [0.2, 0.25) is 0 Å². The minimum atomic E-state index is -1.51. The lowest BCUT2D eigenvalue weighted by molar-refractivity contribution is 0.436. The van der Waals surface area contributed by atoms with Crippen molar-refractivity contribution >= 4 is 54.4 Å². The van der Waals surface area contributed by atoms with Gasteiger partial charge in [-0.05, 0) is 93.6 Å². The number of benzene rings is 9. The molecule has 13 rings (SSSR count). The zero-order chi connectivity index (χ0) is 42.6. The number of fused-ring (bicyclic) bond motifs is 17. The normalized spacial score (nSPS) is 15.4. The van der Waals surface area contributed by atoms with Gasteiger partial charge in [0.1, 0.15) is 11.5 Å². The van der Waals surface area contributed by atoms with Gasteiger partial charge in [0, 0.05) is 44.0 Å². The van der Waals surface area contributed by atoms with Gasteiger partial charge in [-0.15, -0.1) is 0 Å². The fraction of sp³-hybridized carbons (Fsp3) is 0.0189. The monoisotopic (exact) mass is 719 g/mol. The summed E-state index contributed by atoms with van der Waals surface area (Å²) in [5.41, 5.74) is 6.67. The minimum Gasteiger partial charge on any atom is -0.457 e. The Morgan fingerprint density at radius 2 is 1.09 bits per heavy atom. The molecule has 1 aliphatic heterocycles. The van der Waals surface area contributed by atoms with Gasteiger partial charge >= 0.3 is 0 Å². The van der Waals surface area contributed by atoms with Gasteiger partial charge in [0.2, 0.25) is 0 Å². The second-order valence-electron chi connectivity index (χ2n) is 14.7. The Balaban J connectivity index is 1.24. The van der Waals surface area contributed by atoms with E-state index in [0.29, 0.717) is 11.1 Å². The van der Waals surface area contributed by atoms with Crippen LogP contribution in [0.3, 0.4) is 0 Å². The topological polar surface area (TPSA) is 19.1 Å². The molecule has 9 aromatic carbocycles. The summed E-state index contributed by atoms with van der Waals surface area (Å²) in [4.78, 5) is 0. The molecule has 11 aromatic rings. The first kappa shape index (κ1) is 24.1. The molecule has 1 spiro atoms. The third-order valence-corrected chi connectivity index (χ3v) is 12.0. The highest BCUT2D eigenvalue weighted by molar-refractivity contribution is 6.25. The van der Waals surface area contributed by atoms with Gasteiger partial charge in [-0.25, -0.2) is 0 Å². The van der Waals surface area contributed by atoms with Gasteiger partial charge in [-0.1, -0.05) is 133 Å². The van der Waals surface area contributed by atoms with Crippen molar-refractivity contribution in [2.75, 3.05) is 0 Å². The lowest BCUT2D eigenvalue weighted by Crippen LogP contribution is -2.32. The summed E-state index contributed by atoms with van der Waals surface area (Å²) < 4.78 is 77.6. The zero-order valence-corrected chi connectivity index (χ0v) is 29.7. The second-order valence-corrected chi connectivity index (χ2v) is 14.7. The molecule has 3 nitrogen and oxygen atoms in total. The Morgan fingerprint density at radius 3 is 1.93 bits per heavy atom. The number of para-hydroxylation sites is 3. The Bertz CT molecular complexity index is 3830. The molecule has 2 aromatic heterocycles. The third-order valence-electron chi connectivity index (χ3n) is 12.0. The summed E-state index contributed by atoms with van der Waals surface area (Å²) >= 11 is 0. The van der Waals surface area contributed by atoms with Crippen molar-refractivity contribution in [2.24, 2.45) is 0 Å². The molecule has 0 bridgehead atoms. The summed E-state index contributed by atoms with van der Waals surface area (Å²) in [6.07, 6.45) is 0. The van der Waals surface area contributed by atoms with Gasteiger partial charge in [0.05, 0.1) is 37.1 Å². The van der Waals surface area contributed by atoms with Crippen LogP contribution in [0.1, 0.15) is 31.8 Å². The number of hydrogen-bond acceptors (Lipinski definition) is 1. The van der Waals surface area contributed by atoms with E-state index < -0.39 is 17.5 Å². The van der Waals surface area contributed by atoms with Crippen molar-refractivity contribution in [3.8, 4) is 34.0 Å². The fourth-order valence-corrected chi connectivity index (χ4v) is 9.82. The Hall–Kier alpha value is -7.36. The van der Waals surface area contributed by atoms with Crippen LogP contribution in [-0.2, 0) is 5.41 Å². The molecule has 0 radical (unpaired) electrons. The van der Waals surface area contributed by atoms with E-state index in [1.54, 1.807) is 0 Å². The smallest absolute Gasteiger partial charge is 0.132 e. The molecule has 56 heavy (non-hydrogen) atoms. The molecule has 0 saturated heterocycles. The van der Waals surface area contributed by atoms with E-state index in [2.05, 4.69) is 65.2 Å². The van der Waals surface area contributed by atoms with Gasteiger partial charge in [-0.3, -0.25) is 0 Å². The van der Waals surface area contributed by atoms with Crippen molar-refractivity contribution in [1.82, 2.24) is 9.13 Å². The highest BCUT2D eigenvalue weighted by Crippen LogP contribution is 2.62. The first-order valence-electron chi connectivity index (χ1n) is 22.3. The van der Waals surface area contributed by atoms with Crippen molar-refractivity contribution in [2.45, 2.75) is 5.41 Å². The Labute approximate surface area is 332 Å². The minimum absolute atomic E-state index is 0.0735. The van der Waals surface area contributed by atoms with Gasteiger partial charge in [0.15, 0.2) is 0 Å². The van der Waals surface area contributed by atoms with Crippen LogP contribution in [-0.4, -0.2) is 9.13 Å². The first-order chi connectivity index (χ1) is 30.7. The molecular weight excluding hydrogens is 681 g/mol. The number of rotatable bonds is 2. The molecule has 0 fully saturated rings. The van der Waals surface area contributed by atoms with E-state index in [0.717, 1.165) is 71.2 Å². The van der Waals surface area contributed by atoms with Crippen LogP contribution < -0.4 is 4.74 Å². The molecule has 0 N–H and O–H groups in total. The van der Waals surface area contributed by atoms with E-state index in [9.17, 15) is 5.48 Å². The van der Waals surface area contributed by atoms with E-state index in [4.69, 9.17) is 8.85 Å². The molecule has 0 saturated carbocycles. The SMILES string of the molecule is [2H]c1c([2H])c([2H])c2c(c1[2H])Oc1c([2H])c([2H])c(-n3c4cc5c(cc4c4c6ccccc6ccc43)c3ccccc3n5-c3ccccc3)c([2H])c1C21c2ccccc2-c2ccccc21. The largest absolute Gasteiger partial charge is 0.457 e. The van der Waals surface area contributed by atoms with E-state index in [-0.39, 0.29) is 58.5 Å². The average Bonchev–Trinajstić information content (AvgIpc) is 3.92. The highest BCUT2D eigenvalue weighted by atomic mass is 16.5. The molecule has 0 atom stereocenters. The maximum absolute atomic E-state index is 10.6. The van der Waals surface area contributed by atoms with E-state index in [1.165, 1.54) is 0 Å². The van der Waals surface area contributed by atoms with Crippen molar-refractivity contribution < 1.29 is 14.3 Å². The van der Waals surface area contributed by atoms with Crippen LogP contribution in [0.15, 0.2) is 194 Å². The number of hydrogen-bond donors (Lipinski definition) is 0. The van der Waals surface area contributed by atoms with Crippen LogP contribution in [0.4, 0.5) is 0 Å². The fourth-order valence-electron chi connectivity index (χ4n) is 9.82. The van der Waals surface area contributed by atoms with Crippen LogP contribution in [0.5, 0.6) is 11.5 Å². The molecule has 3 heteroatoms. The van der Waals surface area contributed by atoms with Crippen LogP contribution in [0, 0.1) is 0 Å². The molecule has 260 valence electrons. The summed E-state index contributed by atoms with van der Waals surface area (Å²) in [6, 6.07) is 48.6.